The molecule has 6 nitrogen and oxygen atoms in total. The van der Waals surface area contributed by atoms with Gasteiger partial charge < -0.3 is 20.5 Å². The van der Waals surface area contributed by atoms with E-state index in [0.29, 0.717) is 25.7 Å². The summed E-state index contributed by atoms with van der Waals surface area (Å²) in [5.74, 6) is 1.86. The van der Waals surface area contributed by atoms with E-state index in [0.717, 1.165) is 40.7 Å². The molecule has 0 saturated carbocycles. The van der Waals surface area contributed by atoms with Gasteiger partial charge in [0.15, 0.2) is 17.5 Å². The predicted octanol–water partition coefficient (Wildman–Crippen LogP) is 3.06. The minimum atomic E-state index is 0. The Morgan fingerprint density at radius 3 is 2.88 bits per heavy atom. The lowest BCUT2D eigenvalue weighted by atomic mass is 10.2. The van der Waals surface area contributed by atoms with Crippen LogP contribution in [-0.2, 0) is 12.8 Å². The number of rotatable bonds is 5. The van der Waals surface area contributed by atoms with Crippen LogP contribution in [0.4, 0.5) is 5.69 Å². The van der Waals surface area contributed by atoms with Crippen molar-refractivity contribution in [1.29, 1.82) is 0 Å². The highest BCUT2D eigenvalue weighted by atomic mass is 127. The molecule has 0 radical (unpaired) electrons. The molecular formula is C16H21IN4O2S. The summed E-state index contributed by atoms with van der Waals surface area (Å²) < 4.78 is 11.0. The van der Waals surface area contributed by atoms with Gasteiger partial charge in [0.2, 0.25) is 0 Å². The molecule has 130 valence electrons. The first-order valence-electron chi connectivity index (χ1n) is 7.64. The average Bonchev–Trinajstić information content (AvgIpc) is 3.03. The van der Waals surface area contributed by atoms with Gasteiger partial charge in [0.25, 0.3) is 0 Å². The van der Waals surface area contributed by atoms with Crippen molar-refractivity contribution in [3.05, 3.63) is 34.3 Å². The fraction of sp³-hybridized carbons (Fsp3) is 0.375. The number of aryl methyl sites for hydroxylation is 1. The number of ether oxygens (including phenoxy) is 2. The quantitative estimate of drug-likeness (QED) is 0.407. The van der Waals surface area contributed by atoms with Crippen molar-refractivity contribution in [2.24, 2.45) is 10.7 Å². The molecule has 0 aliphatic carbocycles. The number of aromatic nitrogens is 1. The van der Waals surface area contributed by atoms with E-state index >= 15 is 0 Å². The number of hydrogen-bond donors (Lipinski definition) is 2. The maximum absolute atomic E-state index is 5.93. The fourth-order valence-electron chi connectivity index (χ4n) is 2.23. The third-order valence-electron chi connectivity index (χ3n) is 3.37. The number of anilines is 1. The monoisotopic (exact) mass is 460 g/mol. The smallest absolute Gasteiger partial charge is 0.193 e. The topological polar surface area (TPSA) is 81.8 Å². The first-order valence-corrected chi connectivity index (χ1v) is 8.52. The molecule has 0 amide bonds. The fourth-order valence-corrected chi connectivity index (χ4v) is 3.00. The number of halogens is 1. The highest BCUT2D eigenvalue weighted by molar-refractivity contribution is 14.0. The normalized spacial score (nSPS) is 13.3. The van der Waals surface area contributed by atoms with Crippen LogP contribution >= 0.6 is 35.3 Å². The summed E-state index contributed by atoms with van der Waals surface area (Å²) in [7, 11) is 0. The molecule has 1 aromatic carbocycles. The van der Waals surface area contributed by atoms with E-state index in [1.165, 1.54) is 0 Å². The predicted molar refractivity (Wildman–Crippen MR) is 108 cm³/mol. The SMILES string of the molecule is CCc1nc(CCN=C(N)Nc2ccc3c(c2)OCCO3)cs1.I. The Morgan fingerprint density at radius 1 is 1.33 bits per heavy atom. The van der Waals surface area contributed by atoms with E-state index in [9.17, 15) is 0 Å². The van der Waals surface area contributed by atoms with Gasteiger partial charge in [-0.25, -0.2) is 4.98 Å². The molecule has 1 aliphatic heterocycles. The van der Waals surface area contributed by atoms with E-state index in [2.05, 4.69) is 27.6 Å². The number of thiazole rings is 1. The third-order valence-corrected chi connectivity index (χ3v) is 4.41. The Balaban J connectivity index is 0.00000208. The standard InChI is InChI=1S/C16H20N4O2S.HI/c1-2-15-19-12(10-23-15)5-6-18-16(17)20-11-3-4-13-14(9-11)22-8-7-21-13;/h3-4,9-10H,2,5-8H2,1H3,(H3,17,18,20);1H. The van der Waals surface area contributed by atoms with Crippen LogP contribution in [0.15, 0.2) is 28.6 Å². The van der Waals surface area contributed by atoms with Crippen LogP contribution in [0, 0.1) is 0 Å². The van der Waals surface area contributed by atoms with E-state index in [1.807, 2.05) is 18.2 Å². The van der Waals surface area contributed by atoms with E-state index in [1.54, 1.807) is 11.3 Å². The summed E-state index contributed by atoms with van der Waals surface area (Å²) >= 11 is 1.69. The molecule has 2 heterocycles. The first kappa shape index (κ1) is 18.8. The Bertz CT molecular complexity index is 705. The second-order valence-corrected chi connectivity index (χ2v) is 6.03. The number of guanidine groups is 1. The average molecular weight is 460 g/mol. The zero-order valence-corrected chi connectivity index (χ0v) is 16.6. The van der Waals surface area contributed by atoms with Crippen LogP contribution < -0.4 is 20.5 Å². The van der Waals surface area contributed by atoms with Crippen molar-refractivity contribution >= 4 is 47.0 Å². The molecule has 3 N–H and O–H groups in total. The molecule has 0 fully saturated rings. The van der Waals surface area contributed by atoms with Crippen molar-refractivity contribution in [2.75, 3.05) is 25.1 Å². The molecule has 0 atom stereocenters. The molecule has 1 aliphatic rings. The summed E-state index contributed by atoms with van der Waals surface area (Å²) in [6.07, 6.45) is 1.77. The van der Waals surface area contributed by atoms with Gasteiger partial charge in [-0.1, -0.05) is 6.92 Å². The minimum Gasteiger partial charge on any atom is -0.486 e. The zero-order chi connectivity index (χ0) is 16.1. The van der Waals surface area contributed by atoms with Gasteiger partial charge in [0.05, 0.1) is 10.7 Å². The summed E-state index contributed by atoms with van der Waals surface area (Å²) in [5, 5.41) is 6.31. The van der Waals surface area contributed by atoms with E-state index < -0.39 is 0 Å². The molecule has 0 spiro atoms. The molecule has 0 bridgehead atoms. The highest BCUT2D eigenvalue weighted by Crippen LogP contribution is 2.32. The van der Waals surface area contributed by atoms with Crippen molar-refractivity contribution in [2.45, 2.75) is 19.8 Å². The molecular weight excluding hydrogens is 439 g/mol. The molecule has 0 unspecified atom stereocenters. The maximum Gasteiger partial charge on any atom is 0.193 e. The zero-order valence-electron chi connectivity index (χ0n) is 13.4. The largest absolute Gasteiger partial charge is 0.486 e. The number of nitrogens with one attached hydrogen (secondary N) is 1. The van der Waals surface area contributed by atoms with Crippen LogP contribution in [-0.4, -0.2) is 30.7 Å². The third kappa shape index (κ3) is 4.97. The van der Waals surface area contributed by atoms with Crippen LogP contribution in [0.3, 0.4) is 0 Å². The molecule has 24 heavy (non-hydrogen) atoms. The Morgan fingerprint density at radius 2 is 2.12 bits per heavy atom. The summed E-state index contributed by atoms with van der Waals surface area (Å²) in [4.78, 5) is 8.85. The van der Waals surface area contributed by atoms with Gasteiger partial charge in [-0.2, -0.15) is 0 Å². The molecule has 2 aromatic rings. The lowest BCUT2D eigenvalue weighted by molar-refractivity contribution is 0.171. The minimum absolute atomic E-state index is 0. The van der Waals surface area contributed by atoms with Gasteiger partial charge in [-0.05, 0) is 18.6 Å². The number of hydrogen-bond acceptors (Lipinski definition) is 5. The Kier molecular flexibility index (Phi) is 7.10. The van der Waals surface area contributed by atoms with Crippen molar-refractivity contribution in [3.63, 3.8) is 0 Å². The summed E-state index contributed by atoms with van der Waals surface area (Å²) in [6, 6.07) is 5.63. The number of nitrogens with zero attached hydrogens (tertiary/aromatic N) is 2. The maximum atomic E-state index is 5.93. The van der Waals surface area contributed by atoms with Crippen LogP contribution in [0.5, 0.6) is 11.5 Å². The number of fused-ring (bicyclic) bond motifs is 1. The van der Waals surface area contributed by atoms with E-state index in [-0.39, 0.29) is 24.0 Å². The molecule has 1 aromatic heterocycles. The highest BCUT2D eigenvalue weighted by Gasteiger charge is 2.11. The van der Waals surface area contributed by atoms with Crippen molar-refractivity contribution < 1.29 is 9.47 Å². The summed E-state index contributed by atoms with van der Waals surface area (Å²) in [5.41, 5.74) is 7.83. The van der Waals surface area contributed by atoms with Crippen molar-refractivity contribution in [1.82, 2.24) is 4.98 Å². The molecule has 3 rings (SSSR count). The molecule has 0 saturated heterocycles. The number of benzene rings is 1. The molecule has 8 heteroatoms. The lowest BCUT2D eigenvalue weighted by Gasteiger charge is -2.19. The van der Waals surface area contributed by atoms with Gasteiger partial charge >= 0.3 is 0 Å². The Labute approximate surface area is 162 Å². The number of aliphatic imine (C=N–C) groups is 1. The first-order chi connectivity index (χ1) is 11.2. The van der Waals surface area contributed by atoms with Gasteiger partial charge in [0.1, 0.15) is 13.2 Å². The van der Waals surface area contributed by atoms with Crippen LogP contribution in [0.2, 0.25) is 0 Å². The Hall–Kier alpha value is -1.55. The van der Waals surface area contributed by atoms with Gasteiger partial charge in [-0.3, -0.25) is 4.99 Å². The summed E-state index contributed by atoms with van der Waals surface area (Å²) in [6.45, 7) is 3.86. The van der Waals surface area contributed by atoms with Crippen molar-refractivity contribution in [3.8, 4) is 11.5 Å². The second-order valence-electron chi connectivity index (χ2n) is 5.09. The van der Waals surface area contributed by atoms with Crippen LogP contribution in [0.25, 0.3) is 0 Å². The number of nitrogens with two attached hydrogens (primary N) is 1. The second kappa shape index (κ2) is 9.07. The van der Waals surface area contributed by atoms with Gasteiger partial charge in [-0.15, -0.1) is 35.3 Å². The lowest BCUT2D eigenvalue weighted by Crippen LogP contribution is -2.23. The van der Waals surface area contributed by atoms with Crippen LogP contribution in [0.1, 0.15) is 17.6 Å². The van der Waals surface area contributed by atoms with Gasteiger partial charge in [0, 0.05) is 30.1 Å². The van der Waals surface area contributed by atoms with E-state index in [4.69, 9.17) is 15.2 Å².